The van der Waals surface area contributed by atoms with Crippen LogP contribution in [0, 0.1) is 11.7 Å². The predicted molar refractivity (Wildman–Crippen MR) is 120 cm³/mol. The van der Waals surface area contributed by atoms with Crippen LogP contribution < -0.4 is 15.6 Å². The topological polar surface area (TPSA) is 70.2 Å². The van der Waals surface area contributed by atoms with Gasteiger partial charge in [-0.05, 0) is 57.8 Å². The zero-order valence-electron chi connectivity index (χ0n) is 18.2. The molecule has 6 nitrogen and oxygen atoms in total. The molecular formula is C22H28F4N4O2S. The fourth-order valence-corrected chi connectivity index (χ4v) is 5.42. The minimum Gasteiger partial charge on any atom is -0.493 e. The molecule has 182 valence electrons. The molecule has 0 saturated carbocycles. The van der Waals surface area contributed by atoms with Crippen molar-refractivity contribution in [1.82, 2.24) is 20.2 Å². The molecule has 4 rings (SSSR count). The Balaban J connectivity index is 1.37. The van der Waals surface area contributed by atoms with Gasteiger partial charge >= 0.3 is 6.18 Å². The minimum absolute atomic E-state index is 0.0987. The Kier molecular flexibility index (Phi) is 7.80. The molecule has 0 aliphatic carbocycles. The fraction of sp³-hybridized carbons (Fsp3) is 0.636. The number of nitrogens with zero attached hydrogens (tertiary/aromatic N) is 2. The number of hydrogen-bond acceptors (Lipinski definition) is 6. The first-order valence-corrected chi connectivity index (χ1v) is 12.3. The summed E-state index contributed by atoms with van der Waals surface area (Å²) in [6.07, 6.45) is -0.890. The van der Waals surface area contributed by atoms with Gasteiger partial charge in [-0.2, -0.15) is 24.9 Å². The fourth-order valence-electron chi connectivity index (χ4n) is 4.35. The maximum Gasteiger partial charge on any atom is 0.401 e. The molecule has 0 spiro atoms. The van der Waals surface area contributed by atoms with Gasteiger partial charge < -0.3 is 15.0 Å². The van der Waals surface area contributed by atoms with Crippen LogP contribution in [-0.2, 0) is 5.75 Å². The van der Waals surface area contributed by atoms with Gasteiger partial charge in [0.05, 0.1) is 24.4 Å². The number of halogens is 4. The summed E-state index contributed by atoms with van der Waals surface area (Å²) in [6.45, 7) is 2.28. The van der Waals surface area contributed by atoms with Crippen LogP contribution >= 0.6 is 11.8 Å². The van der Waals surface area contributed by atoms with Crippen molar-refractivity contribution < 1.29 is 22.3 Å². The second-order valence-corrected chi connectivity index (χ2v) is 10.0. The number of likely N-dealkylation sites (tertiary alicyclic amines) is 1. The number of H-pyrrole nitrogens is 1. The Morgan fingerprint density at radius 2 is 1.88 bits per heavy atom. The van der Waals surface area contributed by atoms with E-state index in [0.717, 1.165) is 25.9 Å². The third-order valence-electron chi connectivity index (χ3n) is 6.12. The number of thioether (sulfide) groups is 1. The minimum atomic E-state index is -4.18. The maximum absolute atomic E-state index is 14.6. The van der Waals surface area contributed by atoms with Gasteiger partial charge in [-0.3, -0.25) is 9.69 Å². The average molecular weight is 489 g/mol. The molecule has 2 aliphatic heterocycles. The zero-order chi connectivity index (χ0) is 23.4. The summed E-state index contributed by atoms with van der Waals surface area (Å²) in [5, 5.41) is 3.38. The Bertz CT molecular complexity index is 1000. The molecule has 2 saturated heterocycles. The van der Waals surface area contributed by atoms with E-state index in [1.807, 2.05) is 0 Å². The van der Waals surface area contributed by atoms with Gasteiger partial charge in [-0.1, -0.05) is 0 Å². The number of nitrogens with one attached hydrogen (secondary N) is 2. The highest BCUT2D eigenvalue weighted by molar-refractivity contribution is 7.99. The molecule has 0 unspecified atom stereocenters. The number of piperidine rings is 2. The second kappa shape index (κ2) is 10.6. The number of aromatic nitrogens is 2. The number of ether oxygens (including phenoxy) is 1. The first-order chi connectivity index (χ1) is 15.8. The molecule has 0 amide bonds. The lowest BCUT2D eigenvalue weighted by molar-refractivity contribution is -0.147. The number of rotatable bonds is 7. The van der Waals surface area contributed by atoms with E-state index in [2.05, 4.69) is 15.3 Å². The SMILES string of the molecule is O=c1[nH]c(CSC2CCN(CC(F)(F)F)CC2)nc2cc(OCC3CCNCC3)cc(F)c12. The zero-order valence-corrected chi connectivity index (χ0v) is 19.0. The van der Waals surface area contributed by atoms with Crippen molar-refractivity contribution in [2.75, 3.05) is 39.3 Å². The molecule has 11 heteroatoms. The van der Waals surface area contributed by atoms with Gasteiger partial charge in [0, 0.05) is 17.4 Å². The van der Waals surface area contributed by atoms with Gasteiger partial charge in [0.25, 0.3) is 5.56 Å². The van der Waals surface area contributed by atoms with E-state index >= 15 is 0 Å². The summed E-state index contributed by atoms with van der Waals surface area (Å²) in [6, 6.07) is 2.82. The van der Waals surface area contributed by atoms with Crippen LogP contribution in [0.5, 0.6) is 5.75 Å². The van der Waals surface area contributed by atoms with E-state index in [1.54, 1.807) is 17.8 Å². The monoisotopic (exact) mass is 488 g/mol. The van der Waals surface area contributed by atoms with Crippen molar-refractivity contribution in [2.24, 2.45) is 5.92 Å². The van der Waals surface area contributed by atoms with Crippen molar-refractivity contribution in [3.05, 3.63) is 34.1 Å². The average Bonchev–Trinajstić information content (AvgIpc) is 2.76. The molecule has 2 aromatic rings. The van der Waals surface area contributed by atoms with Crippen LogP contribution in [0.1, 0.15) is 31.5 Å². The number of alkyl halides is 3. The summed E-state index contributed by atoms with van der Waals surface area (Å²) in [7, 11) is 0. The Hall–Kier alpha value is -1.85. The maximum atomic E-state index is 14.6. The molecular weight excluding hydrogens is 460 g/mol. The molecule has 1 aromatic heterocycles. The van der Waals surface area contributed by atoms with Crippen molar-refractivity contribution in [2.45, 2.75) is 42.9 Å². The van der Waals surface area contributed by atoms with Crippen molar-refractivity contribution in [3.63, 3.8) is 0 Å². The summed E-state index contributed by atoms with van der Waals surface area (Å²) in [5.74, 6) is 0.915. The van der Waals surface area contributed by atoms with Gasteiger partial charge in [0.15, 0.2) is 0 Å². The lowest BCUT2D eigenvalue weighted by Crippen LogP contribution is -2.40. The first-order valence-electron chi connectivity index (χ1n) is 11.2. The summed E-state index contributed by atoms with van der Waals surface area (Å²) in [5.41, 5.74) is -0.298. The Morgan fingerprint density at radius 1 is 1.15 bits per heavy atom. The number of fused-ring (bicyclic) bond motifs is 1. The largest absolute Gasteiger partial charge is 0.493 e. The number of aromatic amines is 1. The third kappa shape index (κ3) is 6.83. The quantitative estimate of drug-likeness (QED) is 0.580. The van der Waals surface area contributed by atoms with Gasteiger partial charge in [-0.25, -0.2) is 9.37 Å². The highest BCUT2D eigenvalue weighted by atomic mass is 32.2. The van der Waals surface area contributed by atoms with Gasteiger partial charge in [-0.15, -0.1) is 0 Å². The normalized spacial score (nSPS) is 19.3. The summed E-state index contributed by atoms with van der Waals surface area (Å²) < 4.78 is 58.0. The molecule has 33 heavy (non-hydrogen) atoms. The molecule has 0 radical (unpaired) electrons. The number of benzene rings is 1. The van der Waals surface area contributed by atoms with E-state index in [-0.39, 0.29) is 16.2 Å². The molecule has 2 fully saturated rings. The smallest absolute Gasteiger partial charge is 0.401 e. The lowest BCUT2D eigenvalue weighted by atomic mass is 9.99. The molecule has 0 bridgehead atoms. The van der Waals surface area contributed by atoms with E-state index in [0.29, 0.717) is 55.8 Å². The molecule has 2 aliphatic rings. The van der Waals surface area contributed by atoms with Crippen LogP contribution in [-0.4, -0.2) is 65.6 Å². The van der Waals surface area contributed by atoms with Crippen LogP contribution in [0.2, 0.25) is 0 Å². The third-order valence-corrected chi connectivity index (χ3v) is 7.50. The van der Waals surface area contributed by atoms with Crippen LogP contribution in [0.3, 0.4) is 0 Å². The van der Waals surface area contributed by atoms with Crippen LogP contribution in [0.4, 0.5) is 17.6 Å². The Labute approximate surface area is 193 Å². The second-order valence-electron chi connectivity index (χ2n) is 8.72. The van der Waals surface area contributed by atoms with E-state index in [9.17, 15) is 22.4 Å². The van der Waals surface area contributed by atoms with Crippen molar-refractivity contribution >= 4 is 22.7 Å². The highest BCUT2D eigenvalue weighted by Crippen LogP contribution is 2.28. The lowest BCUT2D eigenvalue weighted by Gasteiger charge is -2.31. The Morgan fingerprint density at radius 3 is 2.58 bits per heavy atom. The van der Waals surface area contributed by atoms with Crippen LogP contribution in [0.25, 0.3) is 10.9 Å². The molecule has 3 heterocycles. The number of hydrogen-bond donors (Lipinski definition) is 2. The predicted octanol–water partition coefficient (Wildman–Crippen LogP) is 3.70. The van der Waals surface area contributed by atoms with Gasteiger partial charge in [0.2, 0.25) is 0 Å². The summed E-state index contributed by atoms with van der Waals surface area (Å²) >= 11 is 1.55. The van der Waals surface area contributed by atoms with E-state index < -0.39 is 24.1 Å². The standard InChI is InChI=1S/C22H28F4N4O2S/c23-17-9-15(32-11-14-1-5-27-6-2-14)10-18-20(17)21(31)29-19(28-18)12-33-16-3-7-30(8-4-16)13-22(24,25)26/h9-10,14,16,27H,1-8,11-13H2,(H,28,29,31). The van der Waals surface area contributed by atoms with Gasteiger partial charge in [0.1, 0.15) is 22.8 Å². The molecule has 2 N–H and O–H groups in total. The molecule has 0 atom stereocenters. The molecule has 1 aromatic carbocycles. The summed E-state index contributed by atoms with van der Waals surface area (Å²) in [4.78, 5) is 20.9. The van der Waals surface area contributed by atoms with Crippen molar-refractivity contribution in [3.8, 4) is 5.75 Å². The van der Waals surface area contributed by atoms with E-state index in [1.165, 1.54) is 11.0 Å². The van der Waals surface area contributed by atoms with E-state index in [4.69, 9.17) is 4.74 Å². The first kappa shape index (κ1) is 24.3. The van der Waals surface area contributed by atoms with Crippen LogP contribution in [0.15, 0.2) is 16.9 Å². The van der Waals surface area contributed by atoms with Crippen molar-refractivity contribution in [1.29, 1.82) is 0 Å². The highest BCUT2D eigenvalue weighted by Gasteiger charge is 2.32.